The number of para-hydroxylation sites is 1. The predicted octanol–water partition coefficient (Wildman–Crippen LogP) is 3.63. The zero-order chi connectivity index (χ0) is 41.9. The highest BCUT2D eigenvalue weighted by Gasteiger charge is 2.81. The first-order valence-electron chi connectivity index (χ1n) is 21.5. The molecule has 1 saturated carbocycles. The minimum atomic E-state index is -2.28. The van der Waals surface area contributed by atoms with Gasteiger partial charge in [-0.05, 0) is 74.3 Å². The van der Waals surface area contributed by atoms with E-state index in [1.165, 1.54) is 21.1 Å². The lowest BCUT2D eigenvalue weighted by atomic mass is 9.47. The zero-order valence-corrected chi connectivity index (χ0v) is 35.5. The summed E-state index contributed by atoms with van der Waals surface area (Å²) in [6, 6.07) is 7.01. The fraction of sp³-hybridized carbons (Fsp3) is 0.630. The number of carbonyl (C=O) groups is 3. The van der Waals surface area contributed by atoms with E-state index in [4.69, 9.17) is 18.9 Å². The maximum absolute atomic E-state index is 15.4. The van der Waals surface area contributed by atoms with Gasteiger partial charge >= 0.3 is 17.9 Å². The summed E-state index contributed by atoms with van der Waals surface area (Å²) < 4.78 is 24.1. The van der Waals surface area contributed by atoms with Crippen molar-refractivity contribution in [1.82, 2.24) is 19.7 Å². The van der Waals surface area contributed by atoms with E-state index in [2.05, 4.69) is 51.2 Å². The van der Waals surface area contributed by atoms with Crippen LogP contribution in [-0.4, -0.2) is 144 Å². The molecule has 3 N–H and O–H groups in total. The molecule has 3 saturated heterocycles. The van der Waals surface area contributed by atoms with Gasteiger partial charge in [-0.3, -0.25) is 19.4 Å². The van der Waals surface area contributed by atoms with Crippen LogP contribution in [0.1, 0.15) is 64.1 Å². The van der Waals surface area contributed by atoms with Gasteiger partial charge in [0.2, 0.25) is 5.60 Å². The summed E-state index contributed by atoms with van der Waals surface area (Å²) in [5, 5.41) is 26.4. The first-order chi connectivity index (χ1) is 28.2. The van der Waals surface area contributed by atoms with Crippen LogP contribution in [0.3, 0.4) is 0 Å². The van der Waals surface area contributed by atoms with Gasteiger partial charge in [-0.25, -0.2) is 4.79 Å². The lowest BCUT2D eigenvalue weighted by Gasteiger charge is -2.63. The number of benzene rings is 1. The summed E-state index contributed by atoms with van der Waals surface area (Å²) in [7, 11) is 6.26. The number of carbonyl (C=O) groups excluding carboxylic acids is 3. The number of hydrogen-bond acceptors (Lipinski definition) is 12. The highest BCUT2D eigenvalue weighted by atomic mass is 16.6. The van der Waals surface area contributed by atoms with Crippen molar-refractivity contribution in [1.29, 1.82) is 0 Å². The van der Waals surface area contributed by atoms with E-state index in [1.807, 2.05) is 37.9 Å². The maximum Gasteiger partial charge on any atom is 0.344 e. The van der Waals surface area contributed by atoms with Gasteiger partial charge in [0.25, 0.3) is 0 Å². The van der Waals surface area contributed by atoms with Gasteiger partial charge in [0.1, 0.15) is 5.41 Å². The van der Waals surface area contributed by atoms with Gasteiger partial charge in [0.05, 0.1) is 32.0 Å². The first-order valence-corrected chi connectivity index (χ1v) is 21.5. The predicted molar refractivity (Wildman–Crippen MR) is 219 cm³/mol. The number of aliphatic hydroxyl groups is 2. The molecule has 5 aliphatic heterocycles. The number of methoxy groups -OCH3 is 3. The van der Waals surface area contributed by atoms with Gasteiger partial charge in [-0.1, -0.05) is 50.3 Å². The van der Waals surface area contributed by atoms with Crippen LogP contribution in [0.2, 0.25) is 0 Å². The van der Waals surface area contributed by atoms with Crippen molar-refractivity contribution in [2.45, 2.75) is 100 Å². The summed E-state index contributed by atoms with van der Waals surface area (Å²) in [5.74, 6) is -2.52. The number of hydrogen-bond donors (Lipinski definition) is 3. The Morgan fingerprint density at radius 2 is 1.73 bits per heavy atom. The molecule has 4 fully saturated rings. The largest absolute Gasteiger partial charge is 0.468 e. The Hall–Kier alpha value is -4.01. The van der Waals surface area contributed by atoms with Crippen LogP contribution in [0, 0.1) is 22.7 Å². The van der Waals surface area contributed by atoms with E-state index >= 15 is 4.79 Å². The van der Waals surface area contributed by atoms with E-state index < -0.39 is 63.6 Å². The van der Waals surface area contributed by atoms with Crippen LogP contribution in [0.15, 0.2) is 59.8 Å². The molecule has 2 bridgehead atoms. The van der Waals surface area contributed by atoms with E-state index in [0.29, 0.717) is 58.2 Å². The number of nitrogens with zero attached hydrogens (tertiary/aromatic N) is 3. The Morgan fingerprint density at radius 1 is 0.966 bits per heavy atom. The number of esters is 3. The molecule has 1 aromatic heterocycles. The average Bonchev–Trinajstić information content (AvgIpc) is 3.90. The third kappa shape index (κ3) is 5.30. The normalized spacial score (nSPS) is 41.0. The van der Waals surface area contributed by atoms with Crippen molar-refractivity contribution in [3.63, 3.8) is 0 Å². The molecule has 6 heterocycles. The zero-order valence-electron chi connectivity index (χ0n) is 35.5. The molecule has 7 aliphatic rings. The standard InChI is InChI=1S/C46H60N4O9/c1-8-42(54)23-28-24-45(40(52)57-6,36-30(15-19-49(25-28)26-42)29-13-10-11-14-33(29)47-36)32-21-31-34(22-35(32)56-5)48(4)38-44(31)17-20-50-18-12-16-43(9-2,37(44)50)39(59-27(3)51)46(38,55)41(53)58-7/h10-14,16,21-22,28,32,35,37-39,47,54-55H,8-9,15,17-20,23-26H2,1-7H3/t28-,32?,35?,37?,38?,39+,42-,43+,44+,45-,46-/m0/s1. The maximum atomic E-state index is 15.4. The van der Waals surface area contributed by atoms with Gasteiger partial charge in [0, 0.05) is 92.3 Å². The van der Waals surface area contributed by atoms with Crippen molar-refractivity contribution >= 4 is 28.8 Å². The van der Waals surface area contributed by atoms with Crippen LogP contribution >= 0.6 is 0 Å². The molecule has 59 heavy (non-hydrogen) atoms. The van der Waals surface area contributed by atoms with Gasteiger partial charge in [-0.15, -0.1) is 0 Å². The van der Waals surface area contributed by atoms with Crippen molar-refractivity contribution in [3.05, 3.63) is 71.1 Å². The van der Waals surface area contributed by atoms with Crippen LogP contribution in [0.5, 0.6) is 0 Å². The average molecular weight is 813 g/mol. The third-order valence-electron chi connectivity index (χ3n) is 16.0. The second-order valence-corrected chi connectivity index (χ2v) is 18.6. The molecule has 5 unspecified atom stereocenters. The SMILES string of the molecule is CC[C@]1(O)C[C@@H]2CN(CCc3c([nH]c4ccccc34)[C@@](C(=O)OC)(C3C=C4C(=CC3OC)N(C)C3[C@]45CCN4CC=C[C@](CC)(C45)[C@@H](OC(C)=O)[C@]3(O)C(=O)OC)C2)C1. The summed E-state index contributed by atoms with van der Waals surface area (Å²) in [5.41, 5.74) is -1.81. The molecular formula is C46H60N4O9. The molecule has 2 aliphatic carbocycles. The van der Waals surface area contributed by atoms with Crippen molar-refractivity contribution < 1.29 is 43.5 Å². The number of likely N-dealkylation sites (N-methyl/N-ethyl adjacent to an activating group) is 1. The number of aromatic amines is 1. The highest BCUT2D eigenvalue weighted by Crippen LogP contribution is 2.70. The first kappa shape index (κ1) is 40.4. The number of fused-ring (bicyclic) bond motifs is 6. The van der Waals surface area contributed by atoms with Gasteiger partial charge in [0.15, 0.2) is 6.10 Å². The van der Waals surface area contributed by atoms with Crippen molar-refractivity contribution in [2.24, 2.45) is 22.7 Å². The Bertz CT molecular complexity index is 2160. The van der Waals surface area contributed by atoms with Crippen LogP contribution in [0.4, 0.5) is 0 Å². The van der Waals surface area contributed by atoms with E-state index in [0.717, 1.165) is 46.5 Å². The topological polar surface area (TPSA) is 154 Å². The van der Waals surface area contributed by atoms with Crippen molar-refractivity contribution in [3.8, 4) is 0 Å². The lowest BCUT2D eigenvalue weighted by Crippen LogP contribution is -2.79. The Labute approximate surface area is 346 Å². The highest BCUT2D eigenvalue weighted by molar-refractivity contribution is 5.91. The van der Waals surface area contributed by atoms with E-state index in [-0.39, 0.29) is 17.9 Å². The molecule has 0 amide bonds. The van der Waals surface area contributed by atoms with Gasteiger partial charge < -0.3 is 39.0 Å². The number of piperidine rings is 1. The minimum absolute atomic E-state index is 0.0645. The summed E-state index contributed by atoms with van der Waals surface area (Å²) >= 11 is 0. The minimum Gasteiger partial charge on any atom is -0.468 e. The molecule has 1 aromatic carbocycles. The Balaban J connectivity index is 1.33. The number of nitrogens with one attached hydrogen (secondary N) is 1. The molecular weight excluding hydrogens is 753 g/mol. The molecule has 13 heteroatoms. The lowest BCUT2D eigenvalue weighted by molar-refractivity contribution is -0.243. The number of rotatable bonds is 7. The summed E-state index contributed by atoms with van der Waals surface area (Å²) in [6.07, 6.45) is 9.77. The van der Waals surface area contributed by atoms with Crippen LogP contribution < -0.4 is 0 Å². The molecule has 2 aromatic rings. The Morgan fingerprint density at radius 3 is 2.42 bits per heavy atom. The smallest absolute Gasteiger partial charge is 0.344 e. The molecule has 12 atom stereocenters. The van der Waals surface area contributed by atoms with Crippen LogP contribution in [0.25, 0.3) is 10.9 Å². The number of likely N-dealkylation sites (tertiary alicyclic amines) is 1. The summed E-state index contributed by atoms with van der Waals surface area (Å²) in [6.45, 7) is 8.73. The number of aromatic nitrogens is 1. The Kier molecular flexibility index (Phi) is 9.60. The van der Waals surface area contributed by atoms with E-state index in [1.54, 1.807) is 7.11 Å². The second-order valence-electron chi connectivity index (χ2n) is 18.6. The number of ether oxygens (including phenoxy) is 4. The molecule has 0 radical (unpaired) electrons. The second kappa shape index (κ2) is 14.0. The van der Waals surface area contributed by atoms with Gasteiger partial charge in [-0.2, -0.15) is 0 Å². The molecule has 318 valence electrons. The summed E-state index contributed by atoms with van der Waals surface area (Å²) in [4.78, 5) is 53.3. The molecule has 13 nitrogen and oxygen atoms in total. The fourth-order valence-electron chi connectivity index (χ4n) is 13.9. The third-order valence-corrected chi connectivity index (χ3v) is 16.0. The van der Waals surface area contributed by atoms with Crippen LogP contribution in [-0.2, 0) is 45.2 Å². The molecule has 1 spiro atoms. The molecule has 9 rings (SSSR count). The number of H-pyrrole nitrogens is 1. The number of allylic oxidation sites excluding steroid dienone is 1. The monoisotopic (exact) mass is 812 g/mol. The quantitative estimate of drug-likeness (QED) is 0.213. The van der Waals surface area contributed by atoms with Crippen molar-refractivity contribution in [2.75, 3.05) is 61.1 Å². The van der Waals surface area contributed by atoms with E-state index in [9.17, 15) is 19.8 Å². The fourth-order valence-corrected chi connectivity index (χ4v) is 13.9.